The second kappa shape index (κ2) is 5.26. The predicted molar refractivity (Wildman–Crippen MR) is 92.8 cm³/mol. The number of fused-ring (bicyclic) bond motifs is 1. The molecule has 2 fully saturated rings. The Morgan fingerprint density at radius 2 is 1.88 bits per heavy atom. The van der Waals surface area contributed by atoms with Crippen molar-refractivity contribution in [1.29, 1.82) is 0 Å². The molecule has 0 aromatic carbocycles. The first-order valence-electron chi connectivity index (χ1n) is 8.23. The molecule has 5 rings (SSSR count). The van der Waals surface area contributed by atoms with Gasteiger partial charge in [0, 0.05) is 18.3 Å². The number of nitrogen functional groups attached to an aromatic ring is 1. The Hall–Kier alpha value is -2.48. The van der Waals surface area contributed by atoms with Crippen LogP contribution in [0.1, 0.15) is 25.7 Å². The lowest BCUT2D eigenvalue weighted by atomic mass is 10.2. The molecule has 3 aromatic rings. The first kappa shape index (κ1) is 14.8. The lowest BCUT2D eigenvalue weighted by Crippen LogP contribution is -2.30. The van der Waals surface area contributed by atoms with E-state index in [-0.39, 0.29) is 16.8 Å². The first-order chi connectivity index (χ1) is 12.1. The van der Waals surface area contributed by atoms with Crippen LogP contribution >= 0.6 is 11.6 Å². The normalized spacial score (nSPS) is 17.2. The maximum absolute atomic E-state index is 14.7. The van der Waals surface area contributed by atoms with Crippen LogP contribution < -0.4 is 10.6 Å². The van der Waals surface area contributed by atoms with E-state index in [0.29, 0.717) is 34.6 Å². The van der Waals surface area contributed by atoms with Gasteiger partial charge in [-0.05, 0) is 25.7 Å². The fourth-order valence-electron chi connectivity index (χ4n) is 3.13. The summed E-state index contributed by atoms with van der Waals surface area (Å²) in [6, 6.07) is 0.697. The van der Waals surface area contributed by atoms with E-state index in [2.05, 4.69) is 29.8 Å². The number of halogens is 2. The molecule has 0 spiro atoms. The van der Waals surface area contributed by atoms with E-state index in [1.807, 2.05) is 0 Å². The summed E-state index contributed by atoms with van der Waals surface area (Å²) in [5, 5.41) is 0.265. The van der Waals surface area contributed by atoms with Gasteiger partial charge in [-0.3, -0.25) is 0 Å². The van der Waals surface area contributed by atoms with Crippen LogP contribution in [0.15, 0.2) is 12.4 Å². The third kappa shape index (κ3) is 2.48. The third-order valence-electron chi connectivity index (χ3n) is 4.58. The lowest BCUT2D eigenvalue weighted by Gasteiger charge is -2.24. The highest BCUT2D eigenvalue weighted by molar-refractivity contribution is 6.29. The summed E-state index contributed by atoms with van der Waals surface area (Å²) < 4.78 is 14.7. The fraction of sp³-hybridized carbons (Fsp3) is 0.375. The van der Waals surface area contributed by atoms with Crippen LogP contribution in [-0.2, 0) is 0 Å². The molecule has 0 bridgehead atoms. The van der Waals surface area contributed by atoms with E-state index in [9.17, 15) is 4.39 Å². The summed E-state index contributed by atoms with van der Waals surface area (Å²) >= 11 is 5.95. The molecule has 0 amide bonds. The number of nitrogens with zero attached hydrogens (tertiary/aromatic N) is 5. The number of nitrogens with two attached hydrogens (primary N) is 1. The smallest absolute Gasteiger partial charge is 0.207 e. The molecule has 2 aliphatic rings. The Bertz CT molecular complexity index is 968. The quantitative estimate of drug-likeness (QED) is 0.743. The zero-order valence-electron chi connectivity index (χ0n) is 13.2. The van der Waals surface area contributed by atoms with Crippen LogP contribution in [0.25, 0.3) is 22.6 Å². The Kier molecular flexibility index (Phi) is 3.12. The number of hydrogen-bond donors (Lipinski definition) is 2. The Morgan fingerprint density at radius 3 is 2.56 bits per heavy atom. The van der Waals surface area contributed by atoms with Crippen molar-refractivity contribution in [3.8, 4) is 11.4 Å². The van der Waals surface area contributed by atoms with Gasteiger partial charge < -0.3 is 15.6 Å². The predicted octanol–water partition coefficient (Wildman–Crippen LogP) is 2.92. The van der Waals surface area contributed by atoms with Gasteiger partial charge in [0.2, 0.25) is 5.82 Å². The molecule has 0 aliphatic heterocycles. The minimum atomic E-state index is -0.550. The molecule has 7 nitrogen and oxygen atoms in total. The molecule has 0 saturated heterocycles. The van der Waals surface area contributed by atoms with Crippen molar-refractivity contribution >= 4 is 34.4 Å². The zero-order chi connectivity index (χ0) is 17.1. The number of rotatable bonds is 4. The van der Waals surface area contributed by atoms with E-state index in [1.165, 1.54) is 6.20 Å². The molecular weight excluding hydrogens is 345 g/mol. The van der Waals surface area contributed by atoms with Gasteiger partial charge in [0.05, 0.1) is 11.8 Å². The average Bonchev–Trinajstić information content (AvgIpc) is 3.51. The van der Waals surface area contributed by atoms with Crippen LogP contribution in [0.3, 0.4) is 0 Å². The minimum Gasteiger partial charge on any atom is -0.381 e. The number of H-pyrrole nitrogens is 1. The SMILES string of the molecule is Nc1nc(-c2c[nH]c3ncc(Cl)nc23)nc(N(C2CC2)C2CC2)c1F. The standard InChI is InChI=1S/C16H15ClFN7/c17-10-6-21-15-12(22-10)9(5-20-15)14-23-13(19)11(18)16(24-14)25(7-1-2-7)8-3-4-8/h5-8H,1-4H2,(H,20,21)(H2,19,23,24). The van der Waals surface area contributed by atoms with Gasteiger partial charge in [-0.2, -0.15) is 4.39 Å². The van der Waals surface area contributed by atoms with Crippen molar-refractivity contribution < 1.29 is 4.39 Å². The van der Waals surface area contributed by atoms with Gasteiger partial charge in [0.25, 0.3) is 0 Å². The molecular formula is C16H15ClFN7. The molecule has 128 valence electrons. The Balaban J connectivity index is 1.67. The zero-order valence-corrected chi connectivity index (χ0v) is 14.0. The summed E-state index contributed by atoms with van der Waals surface area (Å²) in [5.41, 5.74) is 7.56. The summed E-state index contributed by atoms with van der Waals surface area (Å²) in [5.74, 6) is -0.0954. The minimum absolute atomic E-state index is 0.157. The monoisotopic (exact) mass is 359 g/mol. The van der Waals surface area contributed by atoms with Crippen molar-refractivity contribution in [2.75, 3.05) is 10.6 Å². The number of aromatic nitrogens is 5. The molecule has 0 radical (unpaired) electrons. The molecule has 0 atom stereocenters. The highest BCUT2D eigenvalue weighted by Gasteiger charge is 2.41. The van der Waals surface area contributed by atoms with Crippen molar-refractivity contribution in [3.63, 3.8) is 0 Å². The van der Waals surface area contributed by atoms with E-state index in [1.54, 1.807) is 6.20 Å². The van der Waals surface area contributed by atoms with Gasteiger partial charge >= 0.3 is 0 Å². The highest BCUT2D eigenvalue weighted by atomic mass is 35.5. The second-order valence-electron chi connectivity index (χ2n) is 6.53. The maximum atomic E-state index is 14.7. The van der Waals surface area contributed by atoms with Gasteiger partial charge in [-0.15, -0.1) is 0 Å². The van der Waals surface area contributed by atoms with Crippen LogP contribution in [0.5, 0.6) is 0 Å². The molecule has 2 aliphatic carbocycles. The maximum Gasteiger partial charge on any atom is 0.207 e. The summed E-state index contributed by atoms with van der Waals surface area (Å²) in [4.78, 5) is 22.2. The largest absolute Gasteiger partial charge is 0.381 e. The second-order valence-corrected chi connectivity index (χ2v) is 6.92. The number of aromatic amines is 1. The van der Waals surface area contributed by atoms with Crippen LogP contribution in [0, 0.1) is 5.82 Å². The van der Waals surface area contributed by atoms with Gasteiger partial charge in [-0.25, -0.2) is 19.9 Å². The van der Waals surface area contributed by atoms with E-state index < -0.39 is 5.82 Å². The summed E-state index contributed by atoms with van der Waals surface area (Å²) in [6.07, 6.45) is 7.38. The Labute approximate surface area is 147 Å². The van der Waals surface area contributed by atoms with Crippen molar-refractivity contribution in [2.24, 2.45) is 0 Å². The molecule has 2 saturated carbocycles. The van der Waals surface area contributed by atoms with E-state index >= 15 is 0 Å². The number of hydrogen-bond acceptors (Lipinski definition) is 6. The van der Waals surface area contributed by atoms with E-state index in [4.69, 9.17) is 17.3 Å². The lowest BCUT2D eigenvalue weighted by molar-refractivity contribution is 0.604. The van der Waals surface area contributed by atoms with Crippen LogP contribution in [0.2, 0.25) is 5.15 Å². The molecule has 25 heavy (non-hydrogen) atoms. The van der Waals surface area contributed by atoms with Crippen molar-refractivity contribution in [1.82, 2.24) is 24.9 Å². The number of anilines is 2. The van der Waals surface area contributed by atoms with E-state index in [0.717, 1.165) is 25.7 Å². The molecule has 9 heteroatoms. The molecule has 0 unspecified atom stereocenters. The average molecular weight is 360 g/mol. The van der Waals surface area contributed by atoms with Crippen LogP contribution in [-0.4, -0.2) is 37.0 Å². The van der Waals surface area contributed by atoms with Crippen LogP contribution in [0.4, 0.5) is 16.0 Å². The Morgan fingerprint density at radius 1 is 1.16 bits per heavy atom. The summed E-state index contributed by atoms with van der Waals surface area (Å²) in [6.45, 7) is 0. The van der Waals surface area contributed by atoms with Gasteiger partial charge in [0.15, 0.2) is 23.1 Å². The summed E-state index contributed by atoms with van der Waals surface area (Å²) in [7, 11) is 0. The fourth-order valence-corrected chi connectivity index (χ4v) is 3.27. The molecule has 3 heterocycles. The molecule has 3 N–H and O–H groups in total. The van der Waals surface area contributed by atoms with Gasteiger partial charge in [-0.1, -0.05) is 11.6 Å². The van der Waals surface area contributed by atoms with Gasteiger partial charge in [0.1, 0.15) is 10.7 Å². The number of nitrogens with one attached hydrogen (secondary N) is 1. The highest BCUT2D eigenvalue weighted by Crippen LogP contribution is 2.42. The van der Waals surface area contributed by atoms with Crippen molar-refractivity contribution in [2.45, 2.75) is 37.8 Å². The molecule has 3 aromatic heterocycles. The topological polar surface area (TPSA) is 96.6 Å². The van der Waals surface area contributed by atoms with Crippen molar-refractivity contribution in [3.05, 3.63) is 23.4 Å². The first-order valence-corrected chi connectivity index (χ1v) is 8.61. The third-order valence-corrected chi connectivity index (χ3v) is 4.76.